The Morgan fingerprint density at radius 1 is 1.39 bits per heavy atom. The summed E-state index contributed by atoms with van der Waals surface area (Å²) >= 11 is 0. The zero-order valence-electron chi connectivity index (χ0n) is 13.9. The summed E-state index contributed by atoms with van der Waals surface area (Å²) in [7, 11) is 1.62. The van der Waals surface area contributed by atoms with E-state index in [1.807, 2.05) is 12.1 Å². The average Bonchev–Trinajstić information content (AvgIpc) is 2.55. The maximum atomic E-state index is 10.5. The molecule has 2 aliphatic rings. The quantitative estimate of drug-likeness (QED) is 0.863. The molecule has 23 heavy (non-hydrogen) atoms. The molecule has 0 saturated carbocycles. The van der Waals surface area contributed by atoms with Crippen LogP contribution in [0.3, 0.4) is 0 Å². The Balaban J connectivity index is 1.62. The van der Waals surface area contributed by atoms with Gasteiger partial charge in [0.05, 0.1) is 24.9 Å². The van der Waals surface area contributed by atoms with Crippen LogP contribution in [-0.4, -0.2) is 64.2 Å². The van der Waals surface area contributed by atoms with Gasteiger partial charge in [0, 0.05) is 38.3 Å². The third-order valence-electron chi connectivity index (χ3n) is 5.20. The molecule has 2 N–H and O–H groups in total. The van der Waals surface area contributed by atoms with Crippen molar-refractivity contribution in [3.63, 3.8) is 0 Å². The zero-order chi connectivity index (χ0) is 16.5. The Morgan fingerprint density at radius 3 is 2.83 bits per heavy atom. The van der Waals surface area contributed by atoms with E-state index in [4.69, 9.17) is 9.47 Å². The van der Waals surface area contributed by atoms with E-state index in [9.17, 15) is 10.2 Å². The summed E-state index contributed by atoms with van der Waals surface area (Å²) in [6.45, 7) is 4.69. The van der Waals surface area contributed by atoms with E-state index in [1.54, 1.807) is 20.2 Å². The average molecular weight is 322 g/mol. The highest BCUT2D eigenvalue weighted by Gasteiger charge is 2.52. The van der Waals surface area contributed by atoms with Gasteiger partial charge >= 0.3 is 0 Å². The van der Waals surface area contributed by atoms with E-state index in [-0.39, 0.29) is 0 Å². The van der Waals surface area contributed by atoms with Gasteiger partial charge in [-0.2, -0.15) is 0 Å². The van der Waals surface area contributed by atoms with Crippen molar-refractivity contribution in [3.05, 3.63) is 23.9 Å². The molecular weight excluding hydrogens is 296 g/mol. The molecule has 1 aromatic rings. The Morgan fingerprint density at radius 2 is 2.13 bits per heavy atom. The molecule has 3 rings (SSSR count). The van der Waals surface area contributed by atoms with E-state index in [2.05, 4.69) is 9.88 Å². The van der Waals surface area contributed by atoms with Crippen LogP contribution in [0, 0.1) is 0 Å². The largest absolute Gasteiger partial charge is 0.481 e. The van der Waals surface area contributed by atoms with Gasteiger partial charge in [-0.15, -0.1) is 0 Å². The van der Waals surface area contributed by atoms with E-state index in [0.29, 0.717) is 18.9 Å². The lowest BCUT2D eigenvalue weighted by Gasteiger charge is -2.51. The van der Waals surface area contributed by atoms with Crippen molar-refractivity contribution >= 4 is 0 Å². The maximum absolute atomic E-state index is 10.5. The predicted octanol–water partition coefficient (Wildman–Crippen LogP) is 0.957. The minimum Gasteiger partial charge on any atom is -0.481 e. The Hall–Kier alpha value is -1.21. The molecule has 6 nitrogen and oxygen atoms in total. The van der Waals surface area contributed by atoms with Gasteiger partial charge in [0.1, 0.15) is 6.10 Å². The molecule has 1 spiro atoms. The molecule has 0 radical (unpaired) electrons. The van der Waals surface area contributed by atoms with Crippen LogP contribution in [-0.2, 0) is 11.3 Å². The second-order valence-corrected chi connectivity index (χ2v) is 6.91. The number of ether oxygens (including phenoxy) is 2. The summed E-state index contributed by atoms with van der Waals surface area (Å²) in [5.41, 5.74) is -0.502. The summed E-state index contributed by atoms with van der Waals surface area (Å²) in [5.74, 6) is 0.623. The summed E-state index contributed by atoms with van der Waals surface area (Å²) in [6.07, 6.45) is 2.87. The zero-order valence-corrected chi connectivity index (χ0v) is 13.9. The van der Waals surface area contributed by atoms with Crippen molar-refractivity contribution in [2.75, 3.05) is 26.8 Å². The lowest BCUT2D eigenvalue weighted by atomic mass is 9.75. The standard InChI is InChI=1S/C17H26N2O4/c1-16(21)6-10-23-17(15(16)20)4-8-19(9-5-17)12-13-3-7-18-14(11-13)22-2/h3,7,11,15,20-21H,4-6,8-10,12H2,1-2H3/t15-,16+/m0/s1. The second kappa shape index (κ2) is 6.36. The molecule has 2 aliphatic heterocycles. The first kappa shape index (κ1) is 16.6. The first-order chi connectivity index (χ1) is 11.0. The van der Waals surface area contributed by atoms with Crippen LogP contribution in [0.2, 0.25) is 0 Å². The van der Waals surface area contributed by atoms with Crippen LogP contribution in [0.5, 0.6) is 5.88 Å². The molecule has 0 amide bonds. The topological polar surface area (TPSA) is 75.1 Å². The van der Waals surface area contributed by atoms with Crippen LogP contribution in [0.15, 0.2) is 18.3 Å². The highest BCUT2D eigenvalue weighted by Crippen LogP contribution is 2.39. The molecule has 6 heteroatoms. The van der Waals surface area contributed by atoms with Crippen LogP contribution < -0.4 is 4.74 Å². The van der Waals surface area contributed by atoms with Gasteiger partial charge in [-0.1, -0.05) is 0 Å². The van der Waals surface area contributed by atoms with E-state index < -0.39 is 17.3 Å². The first-order valence-electron chi connectivity index (χ1n) is 8.21. The number of piperidine rings is 1. The fourth-order valence-corrected chi connectivity index (χ4v) is 3.67. The number of methoxy groups -OCH3 is 1. The minimum absolute atomic E-state index is 0.483. The lowest BCUT2D eigenvalue weighted by Crippen LogP contribution is -2.64. The van der Waals surface area contributed by atoms with Crippen molar-refractivity contribution in [3.8, 4) is 5.88 Å². The van der Waals surface area contributed by atoms with Crippen molar-refractivity contribution in [2.45, 2.75) is 50.0 Å². The van der Waals surface area contributed by atoms with Crippen molar-refractivity contribution in [2.24, 2.45) is 0 Å². The van der Waals surface area contributed by atoms with Gasteiger partial charge in [0.15, 0.2) is 0 Å². The van der Waals surface area contributed by atoms with Gasteiger partial charge in [0.2, 0.25) is 5.88 Å². The molecule has 0 aliphatic carbocycles. The molecule has 0 bridgehead atoms. The molecule has 128 valence electrons. The van der Waals surface area contributed by atoms with Crippen LogP contribution in [0.25, 0.3) is 0 Å². The number of aliphatic hydroxyl groups is 2. The highest BCUT2D eigenvalue weighted by molar-refractivity contribution is 5.20. The second-order valence-electron chi connectivity index (χ2n) is 6.91. The third kappa shape index (κ3) is 3.35. The highest BCUT2D eigenvalue weighted by atomic mass is 16.5. The summed E-state index contributed by atoms with van der Waals surface area (Å²) < 4.78 is 11.1. The Kier molecular flexibility index (Phi) is 4.60. The number of nitrogens with zero attached hydrogens (tertiary/aromatic N) is 2. The molecule has 0 unspecified atom stereocenters. The molecule has 2 saturated heterocycles. The number of hydrogen-bond donors (Lipinski definition) is 2. The molecule has 2 fully saturated rings. The number of pyridine rings is 1. The number of aliphatic hydroxyl groups excluding tert-OH is 1. The van der Waals surface area contributed by atoms with E-state index in [0.717, 1.165) is 38.0 Å². The van der Waals surface area contributed by atoms with Gasteiger partial charge < -0.3 is 19.7 Å². The number of aromatic nitrogens is 1. The molecule has 1 aromatic heterocycles. The van der Waals surface area contributed by atoms with Gasteiger partial charge in [-0.05, 0) is 31.4 Å². The number of rotatable bonds is 3. The normalized spacial score (nSPS) is 31.2. The van der Waals surface area contributed by atoms with Crippen LogP contribution in [0.1, 0.15) is 31.7 Å². The molecule has 2 atom stereocenters. The van der Waals surface area contributed by atoms with Gasteiger partial charge in [0.25, 0.3) is 0 Å². The van der Waals surface area contributed by atoms with Crippen LogP contribution >= 0.6 is 0 Å². The van der Waals surface area contributed by atoms with E-state index in [1.165, 1.54) is 0 Å². The summed E-state index contributed by atoms with van der Waals surface area (Å²) in [4.78, 5) is 6.46. The SMILES string of the molecule is COc1cc(CN2CCC3(CC2)OCC[C@@](C)(O)[C@@H]3O)ccn1. The Bertz CT molecular complexity index is 541. The fraction of sp³-hybridized carbons (Fsp3) is 0.706. The van der Waals surface area contributed by atoms with Crippen molar-refractivity contribution < 1.29 is 19.7 Å². The monoisotopic (exact) mass is 322 g/mol. The third-order valence-corrected chi connectivity index (χ3v) is 5.20. The van der Waals surface area contributed by atoms with Crippen molar-refractivity contribution in [1.82, 2.24) is 9.88 Å². The van der Waals surface area contributed by atoms with Gasteiger partial charge in [-0.3, -0.25) is 4.90 Å². The fourth-order valence-electron chi connectivity index (χ4n) is 3.67. The maximum Gasteiger partial charge on any atom is 0.213 e. The predicted molar refractivity (Wildman–Crippen MR) is 85.2 cm³/mol. The van der Waals surface area contributed by atoms with Crippen molar-refractivity contribution in [1.29, 1.82) is 0 Å². The summed E-state index contributed by atoms with van der Waals surface area (Å²) in [5, 5.41) is 20.9. The molecular formula is C17H26N2O4. The molecule has 3 heterocycles. The lowest BCUT2D eigenvalue weighted by molar-refractivity contribution is -0.246. The first-order valence-corrected chi connectivity index (χ1v) is 8.21. The Labute approximate surface area is 137 Å². The smallest absolute Gasteiger partial charge is 0.213 e. The summed E-state index contributed by atoms with van der Waals surface area (Å²) in [6, 6.07) is 3.94. The minimum atomic E-state index is -1.06. The van der Waals surface area contributed by atoms with E-state index >= 15 is 0 Å². The number of hydrogen-bond acceptors (Lipinski definition) is 6. The number of likely N-dealkylation sites (tertiary alicyclic amines) is 1. The molecule has 0 aromatic carbocycles. The van der Waals surface area contributed by atoms with Crippen LogP contribution in [0.4, 0.5) is 0 Å². The van der Waals surface area contributed by atoms with Gasteiger partial charge in [-0.25, -0.2) is 4.98 Å².